The van der Waals surface area contributed by atoms with Crippen LogP contribution in [0.3, 0.4) is 0 Å². The molecule has 2 saturated carbocycles. The summed E-state index contributed by atoms with van der Waals surface area (Å²) in [5.41, 5.74) is 2.40. The average Bonchev–Trinajstić information content (AvgIpc) is 2.95. The first-order valence-electron chi connectivity index (χ1n) is 6.65. The Hall–Kier alpha value is -1.23. The van der Waals surface area contributed by atoms with E-state index < -0.39 is 5.92 Å². The smallest absolute Gasteiger partial charge is 0.254 e. The Labute approximate surface area is 113 Å². The van der Waals surface area contributed by atoms with Crippen molar-refractivity contribution in [2.45, 2.75) is 24.8 Å². The van der Waals surface area contributed by atoms with E-state index in [1.165, 1.54) is 10.4 Å². The van der Waals surface area contributed by atoms with Gasteiger partial charge in [-0.05, 0) is 30.2 Å². The normalized spacial score (nSPS) is 36.9. The van der Waals surface area contributed by atoms with Crippen LogP contribution in [-0.4, -0.2) is 15.5 Å². The van der Waals surface area contributed by atoms with Crippen molar-refractivity contribution < 1.29 is 8.78 Å². The highest BCUT2D eigenvalue weighted by Crippen LogP contribution is 2.68. The molecule has 0 bridgehead atoms. The zero-order chi connectivity index (χ0) is 12.8. The first kappa shape index (κ1) is 10.5. The third kappa shape index (κ3) is 1.14. The molecule has 1 aliphatic heterocycles. The quantitative estimate of drug-likeness (QED) is 0.775. The van der Waals surface area contributed by atoms with Crippen molar-refractivity contribution in [1.29, 1.82) is 0 Å². The summed E-state index contributed by atoms with van der Waals surface area (Å²) >= 11 is 1.75. The van der Waals surface area contributed by atoms with Crippen molar-refractivity contribution in [1.82, 2.24) is 9.55 Å². The Morgan fingerprint density at radius 1 is 1.32 bits per heavy atom. The Morgan fingerprint density at radius 3 is 2.89 bits per heavy atom. The number of alkyl halides is 2. The van der Waals surface area contributed by atoms with Gasteiger partial charge in [0.2, 0.25) is 0 Å². The van der Waals surface area contributed by atoms with Crippen LogP contribution < -0.4 is 0 Å². The molecule has 0 aromatic carbocycles. The lowest BCUT2D eigenvalue weighted by atomic mass is 9.93. The fraction of sp³-hybridized carbons (Fsp3) is 0.500. The second-order valence-electron chi connectivity index (χ2n) is 5.95. The number of hydrogen-bond donors (Lipinski definition) is 0. The molecule has 2 fully saturated rings. The number of rotatable bonds is 1. The van der Waals surface area contributed by atoms with E-state index in [1.54, 1.807) is 11.3 Å². The van der Waals surface area contributed by atoms with Crippen LogP contribution >= 0.6 is 11.3 Å². The minimum Gasteiger partial charge on any atom is -0.322 e. The highest BCUT2D eigenvalue weighted by atomic mass is 32.1. The highest BCUT2D eigenvalue weighted by Gasteiger charge is 2.72. The zero-order valence-electron chi connectivity index (χ0n) is 10.1. The van der Waals surface area contributed by atoms with E-state index in [2.05, 4.69) is 21.0 Å². The van der Waals surface area contributed by atoms with Gasteiger partial charge >= 0.3 is 0 Å². The molecule has 3 heterocycles. The van der Waals surface area contributed by atoms with Crippen molar-refractivity contribution >= 4 is 11.3 Å². The predicted molar refractivity (Wildman–Crippen MR) is 68.3 cm³/mol. The Kier molecular flexibility index (Phi) is 1.71. The maximum atomic E-state index is 13.4. The van der Waals surface area contributed by atoms with E-state index in [0.29, 0.717) is 18.8 Å². The molecule has 3 aliphatic rings. The van der Waals surface area contributed by atoms with Gasteiger partial charge in [0.1, 0.15) is 0 Å². The number of fused-ring (bicyclic) bond motifs is 4. The molecule has 2 unspecified atom stereocenters. The molecular weight excluding hydrogens is 266 g/mol. The van der Waals surface area contributed by atoms with Gasteiger partial charge in [-0.15, -0.1) is 11.3 Å². The van der Waals surface area contributed by atoms with Gasteiger partial charge in [-0.25, -0.2) is 13.8 Å². The van der Waals surface area contributed by atoms with Crippen LogP contribution in [0.1, 0.15) is 23.8 Å². The molecule has 0 spiro atoms. The first-order chi connectivity index (χ1) is 9.18. The van der Waals surface area contributed by atoms with Crippen molar-refractivity contribution in [2.24, 2.45) is 17.8 Å². The molecule has 0 N–H and O–H groups in total. The summed E-state index contributed by atoms with van der Waals surface area (Å²) in [4.78, 5) is 5.56. The van der Waals surface area contributed by atoms with Crippen LogP contribution in [0.25, 0.3) is 11.3 Å². The summed E-state index contributed by atoms with van der Waals surface area (Å²) in [5, 5.41) is 2.10. The molecule has 3 atom stereocenters. The molecular formula is C14H12F2N2S. The Balaban J connectivity index is 1.55. The fourth-order valence-electron chi connectivity index (χ4n) is 4.17. The largest absolute Gasteiger partial charge is 0.322 e. The van der Waals surface area contributed by atoms with Crippen LogP contribution in [0.5, 0.6) is 0 Å². The van der Waals surface area contributed by atoms with Gasteiger partial charge in [-0.3, -0.25) is 0 Å². The number of nitrogens with zero attached hydrogens (tertiary/aromatic N) is 2. The van der Waals surface area contributed by atoms with E-state index in [4.69, 9.17) is 0 Å². The van der Waals surface area contributed by atoms with Crippen LogP contribution in [0.15, 0.2) is 24.0 Å². The van der Waals surface area contributed by atoms with Gasteiger partial charge in [0, 0.05) is 22.3 Å². The average molecular weight is 278 g/mol. The van der Waals surface area contributed by atoms with Crippen LogP contribution in [0.4, 0.5) is 8.78 Å². The van der Waals surface area contributed by atoms with Gasteiger partial charge in [0.15, 0.2) is 0 Å². The number of imidazole rings is 1. The second kappa shape index (κ2) is 3.08. The van der Waals surface area contributed by atoms with E-state index in [-0.39, 0.29) is 17.9 Å². The summed E-state index contributed by atoms with van der Waals surface area (Å²) in [7, 11) is 0. The highest BCUT2D eigenvalue weighted by molar-refractivity contribution is 7.10. The molecule has 19 heavy (non-hydrogen) atoms. The fourth-order valence-corrected chi connectivity index (χ4v) is 5.27. The van der Waals surface area contributed by atoms with E-state index in [1.807, 2.05) is 12.5 Å². The molecule has 0 radical (unpaired) electrons. The lowest BCUT2D eigenvalue weighted by molar-refractivity contribution is 0.0602. The molecule has 5 rings (SSSR count). The third-order valence-electron chi connectivity index (χ3n) is 5.13. The zero-order valence-corrected chi connectivity index (χ0v) is 10.9. The molecule has 5 heteroatoms. The molecule has 0 amide bonds. The summed E-state index contributed by atoms with van der Waals surface area (Å²) in [6.07, 6.45) is 5.07. The molecule has 2 aromatic rings. The maximum Gasteiger partial charge on any atom is 0.254 e. The summed E-state index contributed by atoms with van der Waals surface area (Å²) in [6.45, 7) is 0. The van der Waals surface area contributed by atoms with Gasteiger partial charge in [0.05, 0.1) is 24.3 Å². The van der Waals surface area contributed by atoms with Crippen molar-refractivity contribution in [2.75, 3.05) is 0 Å². The number of hydrogen-bond acceptors (Lipinski definition) is 2. The molecule has 98 valence electrons. The molecule has 2 nitrogen and oxygen atoms in total. The van der Waals surface area contributed by atoms with E-state index >= 15 is 0 Å². The Morgan fingerprint density at radius 2 is 2.11 bits per heavy atom. The maximum absolute atomic E-state index is 13.4. The SMILES string of the molecule is FC1(F)C2CC([C@H]3c4sccc4-c4cncn43)CC21. The summed E-state index contributed by atoms with van der Waals surface area (Å²) in [5.74, 6) is -2.73. The van der Waals surface area contributed by atoms with Gasteiger partial charge in [-0.2, -0.15) is 0 Å². The Bertz CT molecular complexity index is 620. The van der Waals surface area contributed by atoms with E-state index in [0.717, 1.165) is 5.69 Å². The van der Waals surface area contributed by atoms with Crippen LogP contribution in [-0.2, 0) is 0 Å². The number of aromatic nitrogens is 2. The van der Waals surface area contributed by atoms with Gasteiger partial charge in [-0.1, -0.05) is 0 Å². The minimum absolute atomic E-state index is 0.246. The van der Waals surface area contributed by atoms with Gasteiger partial charge < -0.3 is 4.57 Å². The monoisotopic (exact) mass is 278 g/mol. The summed E-state index contributed by atoms with van der Waals surface area (Å²) in [6, 6.07) is 2.37. The molecule has 0 saturated heterocycles. The molecule has 2 aliphatic carbocycles. The lowest BCUT2D eigenvalue weighted by Crippen LogP contribution is -2.18. The predicted octanol–water partition coefficient (Wildman–Crippen LogP) is 3.81. The van der Waals surface area contributed by atoms with Crippen LogP contribution in [0, 0.1) is 17.8 Å². The molecule has 2 aromatic heterocycles. The van der Waals surface area contributed by atoms with Gasteiger partial charge in [0.25, 0.3) is 5.92 Å². The number of thiophene rings is 1. The van der Waals surface area contributed by atoms with Crippen molar-refractivity contribution in [3.63, 3.8) is 0 Å². The van der Waals surface area contributed by atoms with Crippen molar-refractivity contribution in [3.8, 4) is 11.3 Å². The first-order valence-corrected chi connectivity index (χ1v) is 7.53. The topological polar surface area (TPSA) is 17.8 Å². The summed E-state index contributed by atoms with van der Waals surface area (Å²) < 4.78 is 28.9. The van der Waals surface area contributed by atoms with Crippen molar-refractivity contribution in [3.05, 3.63) is 28.8 Å². The number of halogens is 2. The third-order valence-corrected chi connectivity index (χ3v) is 6.12. The minimum atomic E-state index is -2.37. The second-order valence-corrected chi connectivity index (χ2v) is 6.90. The van der Waals surface area contributed by atoms with E-state index in [9.17, 15) is 8.78 Å². The van der Waals surface area contributed by atoms with Crippen LogP contribution in [0.2, 0.25) is 0 Å². The standard InChI is InChI=1S/C14H12F2N2S/c15-14(16)9-3-7(4-10(9)14)12-13-8(1-2-19-13)11-5-17-6-18(11)12/h1-2,5-7,9-10,12H,3-4H2/t7?,9?,10?,12-/m0/s1. The lowest BCUT2D eigenvalue weighted by Gasteiger charge is -2.23.